The van der Waals surface area contributed by atoms with E-state index < -0.39 is 0 Å². The van der Waals surface area contributed by atoms with Crippen LogP contribution in [0, 0.1) is 5.92 Å². The molecule has 0 amide bonds. The van der Waals surface area contributed by atoms with E-state index in [1.165, 1.54) is 0 Å². The van der Waals surface area contributed by atoms with Gasteiger partial charge in [-0.1, -0.05) is 0 Å². The molecule has 0 saturated heterocycles. The SMILES string of the molecule is CC1C=CC=CC1(C)[PH2]=[Se]. The molecule has 0 N–H and O–H groups in total. The van der Waals surface area contributed by atoms with Crippen LogP contribution in [0.15, 0.2) is 24.3 Å². The van der Waals surface area contributed by atoms with Gasteiger partial charge >= 0.3 is 71.2 Å². The fourth-order valence-electron chi connectivity index (χ4n) is 0.999. The molecule has 56 valence electrons. The first-order chi connectivity index (χ1) is 4.69. The fourth-order valence-corrected chi connectivity index (χ4v) is 3.36. The molecule has 0 aromatic rings. The van der Waals surface area contributed by atoms with Crippen molar-refractivity contribution in [3.05, 3.63) is 24.3 Å². The average molecular weight is 219 g/mol. The predicted molar refractivity (Wildman–Crippen MR) is 51.3 cm³/mol. The van der Waals surface area contributed by atoms with Gasteiger partial charge in [-0.3, -0.25) is 0 Å². The van der Waals surface area contributed by atoms with Crippen LogP contribution in [0.2, 0.25) is 0 Å². The molecule has 0 spiro atoms. The number of allylic oxidation sites excluding steroid dienone is 4. The van der Waals surface area contributed by atoms with Crippen molar-refractivity contribution in [2.24, 2.45) is 5.92 Å². The summed E-state index contributed by atoms with van der Waals surface area (Å²) in [6.07, 6.45) is 8.90. The first kappa shape index (κ1) is 8.53. The first-order valence-corrected chi connectivity index (χ1v) is 7.53. The van der Waals surface area contributed by atoms with Gasteiger partial charge in [0.05, 0.1) is 0 Å². The number of hydrogen-bond acceptors (Lipinski definition) is 0. The van der Waals surface area contributed by atoms with Crippen molar-refractivity contribution in [1.82, 2.24) is 0 Å². The van der Waals surface area contributed by atoms with Gasteiger partial charge in [-0.05, 0) is 0 Å². The van der Waals surface area contributed by atoms with Gasteiger partial charge in [-0.2, -0.15) is 0 Å². The second-order valence-corrected chi connectivity index (χ2v) is 5.98. The van der Waals surface area contributed by atoms with Crippen LogP contribution >= 0.6 is 6.83 Å². The van der Waals surface area contributed by atoms with Gasteiger partial charge in [-0.25, -0.2) is 0 Å². The molecule has 1 rings (SSSR count). The van der Waals surface area contributed by atoms with Gasteiger partial charge in [-0.15, -0.1) is 0 Å². The van der Waals surface area contributed by atoms with Gasteiger partial charge in [0.25, 0.3) is 0 Å². The van der Waals surface area contributed by atoms with Crippen molar-refractivity contribution in [3.63, 3.8) is 0 Å². The van der Waals surface area contributed by atoms with E-state index in [4.69, 9.17) is 0 Å². The van der Waals surface area contributed by atoms with Crippen LogP contribution in [0.4, 0.5) is 0 Å². The molecule has 3 atom stereocenters. The van der Waals surface area contributed by atoms with E-state index in [1.807, 2.05) is 0 Å². The van der Waals surface area contributed by atoms with E-state index in [-0.39, 0.29) is 0 Å². The predicted octanol–water partition coefficient (Wildman–Crippen LogP) is 2.00. The van der Waals surface area contributed by atoms with E-state index >= 15 is 0 Å². The zero-order valence-corrected chi connectivity index (χ0v) is 9.24. The van der Waals surface area contributed by atoms with Gasteiger partial charge in [0.15, 0.2) is 0 Å². The second-order valence-electron chi connectivity index (χ2n) is 3.02. The van der Waals surface area contributed by atoms with Gasteiger partial charge in [0.2, 0.25) is 0 Å². The van der Waals surface area contributed by atoms with Crippen LogP contribution in [0.5, 0.6) is 0 Å². The summed E-state index contributed by atoms with van der Waals surface area (Å²) in [7, 11) is 0. The maximum absolute atomic E-state index is 3.18. The normalized spacial score (nSPS) is 39.6. The fraction of sp³-hybridized carbons (Fsp3) is 0.500. The Balaban J connectivity index is 2.87. The van der Waals surface area contributed by atoms with Crippen molar-refractivity contribution < 1.29 is 0 Å². The first-order valence-electron chi connectivity index (χ1n) is 3.51. The Morgan fingerprint density at radius 1 is 1.50 bits per heavy atom. The van der Waals surface area contributed by atoms with Crippen molar-refractivity contribution in [1.29, 1.82) is 0 Å². The molecule has 0 aliphatic heterocycles. The van der Waals surface area contributed by atoms with E-state index in [9.17, 15) is 0 Å². The van der Waals surface area contributed by atoms with Crippen LogP contribution in [-0.4, -0.2) is 20.3 Å². The Hall–Kier alpha value is 0.429. The third-order valence-corrected chi connectivity index (χ3v) is 6.62. The Bertz CT molecular complexity index is 195. The van der Waals surface area contributed by atoms with Crippen molar-refractivity contribution in [2.45, 2.75) is 19.0 Å². The molecular weight excluding hydrogens is 206 g/mol. The summed E-state index contributed by atoms with van der Waals surface area (Å²) in [6.45, 7) is 5.02. The van der Waals surface area contributed by atoms with Gasteiger partial charge in [0.1, 0.15) is 0 Å². The number of hydrogen-bond donors (Lipinski definition) is 0. The summed E-state index contributed by atoms with van der Waals surface area (Å²) in [5, 5.41) is 0.439. The second kappa shape index (κ2) is 3.22. The van der Waals surface area contributed by atoms with Crippen LogP contribution in [0.1, 0.15) is 13.8 Å². The average Bonchev–Trinajstić information content (AvgIpc) is 1.96. The summed E-state index contributed by atoms with van der Waals surface area (Å²) < 4.78 is 0. The summed E-state index contributed by atoms with van der Waals surface area (Å²) in [6, 6.07) is 0. The summed E-state index contributed by atoms with van der Waals surface area (Å²) in [4.78, 5) is 0. The van der Waals surface area contributed by atoms with Gasteiger partial charge < -0.3 is 0 Å². The quantitative estimate of drug-likeness (QED) is 0.467. The third kappa shape index (κ3) is 1.53. The summed E-state index contributed by atoms with van der Waals surface area (Å²) in [5.41, 5.74) is 0. The Morgan fingerprint density at radius 3 is 2.60 bits per heavy atom. The Kier molecular flexibility index (Phi) is 2.74. The Labute approximate surface area is 71.5 Å². The molecule has 0 radical (unpaired) electrons. The zero-order valence-electron chi connectivity index (χ0n) is 6.37. The zero-order chi connectivity index (χ0) is 7.61. The monoisotopic (exact) mass is 220 g/mol. The van der Waals surface area contributed by atoms with E-state index in [2.05, 4.69) is 53.2 Å². The maximum atomic E-state index is 3.18. The van der Waals surface area contributed by atoms with Gasteiger partial charge in [0, 0.05) is 0 Å². The van der Waals surface area contributed by atoms with E-state index in [0.29, 0.717) is 17.9 Å². The third-order valence-electron chi connectivity index (χ3n) is 2.20. The van der Waals surface area contributed by atoms with Crippen LogP contribution in [0.25, 0.3) is 0 Å². The molecule has 0 fully saturated rings. The molecule has 10 heavy (non-hydrogen) atoms. The number of rotatable bonds is 1. The molecule has 3 unspecified atom stereocenters. The van der Waals surface area contributed by atoms with Crippen molar-refractivity contribution >= 4 is 21.9 Å². The van der Waals surface area contributed by atoms with E-state index in [1.54, 1.807) is 0 Å². The molecule has 0 aromatic heterocycles. The van der Waals surface area contributed by atoms with Crippen LogP contribution < -0.4 is 0 Å². The minimum atomic E-state index is 0.419. The van der Waals surface area contributed by atoms with E-state index in [0.717, 1.165) is 0 Å². The van der Waals surface area contributed by atoms with Crippen molar-refractivity contribution in [2.75, 3.05) is 0 Å². The molecule has 0 nitrogen and oxygen atoms in total. The molecule has 0 aromatic carbocycles. The molecule has 1 aliphatic rings. The van der Waals surface area contributed by atoms with Crippen LogP contribution in [0.3, 0.4) is 0 Å². The Morgan fingerprint density at radius 2 is 2.20 bits per heavy atom. The van der Waals surface area contributed by atoms with Crippen molar-refractivity contribution in [3.8, 4) is 0 Å². The standard InChI is InChI=1S/C8H13PSe/c1-7-5-3-4-6-8(7,2)9-10/h3-7H,9H2,1-2H3. The minimum absolute atomic E-state index is 0.419. The van der Waals surface area contributed by atoms with Crippen LogP contribution in [-0.2, 0) is 0 Å². The molecule has 1 aliphatic carbocycles. The molecule has 0 saturated carbocycles. The molecular formula is C8H13PSe. The topological polar surface area (TPSA) is 0 Å². The molecule has 0 heterocycles. The summed E-state index contributed by atoms with van der Waals surface area (Å²) in [5.74, 6) is 0.703. The molecule has 0 bridgehead atoms. The summed E-state index contributed by atoms with van der Waals surface area (Å²) >= 11 is 3.18. The molecule has 2 heteroatoms.